The van der Waals surface area contributed by atoms with Crippen molar-refractivity contribution in [2.45, 2.75) is 58.0 Å². The molecule has 0 fully saturated rings. The number of hydrogen-bond acceptors (Lipinski definition) is 1. The number of hydrogen-bond donors (Lipinski definition) is 1. The molecule has 1 atom stereocenters. The SMILES string of the molecule is CCCC(O)(CCC)CC1C=CC=CC1. The second-order valence-electron chi connectivity index (χ2n) is 4.74. The van der Waals surface area contributed by atoms with Crippen LogP contribution in [0.5, 0.6) is 0 Å². The van der Waals surface area contributed by atoms with Crippen LogP contribution in [-0.4, -0.2) is 10.7 Å². The van der Waals surface area contributed by atoms with Crippen molar-refractivity contribution in [2.24, 2.45) is 5.92 Å². The predicted molar refractivity (Wildman–Crippen MR) is 65.8 cm³/mol. The van der Waals surface area contributed by atoms with E-state index in [-0.39, 0.29) is 0 Å². The topological polar surface area (TPSA) is 20.2 Å². The average Bonchev–Trinajstić information content (AvgIpc) is 2.19. The van der Waals surface area contributed by atoms with Gasteiger partial charge in [-0.3, -0.25) is 0 Å². The lowest BCUT2D eigenvalue weighted by molar-refractivity contribution is 0.00317. The molecule has 0 amide bonds. The molecule has 1 unspecified atom stereocenters. The minimum Gasteiger partial charge on any atom is -0.390 e. The van der Waals surface area contributed by atoms with Crippen LogP contribution < -0.4 is 0 Å². The largest absolute Gasteiger partial charge is 0.390 e. The van der Waals surface area contributed by atoms with E-state index >= 15 is 0 Å². The third-order valence-corrected chi connectivity index (χ3v) is 3.14. The van der Waals surface area contributed by atoms with Gasteiger partial charge in [-0.1, -0.05) is 51.0 Å². The van der Waals surface area contributed by atoms with Crippen molar-refractivity contribution in [3.63, 3.8) is 0 Å². The molecule has 0 saturated heterocycles. The monoisotopic (exact) mass is 208 g/mol. The molecule has 1 aliphatic rings. The van der Waals surface area contributed by atoms with Crippen molar-refractivity contribution in [1.82, 2.24) is 0 Å². The molecule has 0 saturated carbocycles. The molecule has 0 bridgehead atoms. The van der Waals surface area contributed by atoms with Crippen molar-refractivity contribution in [3.8, 4) is 0 Å². The molecule has 15 heavy (non-hydrogen) atoms. The number of aliphatic hydroxyl groups is 1. The van der Waals surface area contributed by atoms with Crippen LogP contribution in [0.1, 0.15) is 52.4 Å². The van der Waals surface area contributed by atoms with Gasteiger partial charge in [0.25, 0.3) is 0 Å². The summed E-state index contributed by atoms with van der Waals surface area (Å²) >= 11 is 0. The van der Waals surface area contributed by atoms with E-state index < -0.39 is 5.60 Å². The lowest BCUT2D eigenvalue weighted by Gasteiger charge is -2.31. The van der Waals surface area contributed by atoms with Crippen LogP contribution in [0.3, 0.4) is 0 Å². The lowest BCUT2D eigenvalue weighted by atomic mass is 9.81. The minimum atomic E-state index is -0.427. The Bertz CT molecular complexity index is 221. The molecule has 86 valence electrons. The molecule has 1 N–H and O–H groups in total. The van der Waals surface area contributed by atoms with Gasteiger partial charge in [0, 0.05) is 0 Å². The van der Waals surface area contributed by atoms with Gasteiger partial charge < -0.3 is 5.11 Å². The van der Waals surface area contributed by atoms with E-state index in [4.69, 9.17) is 0 Å². The van der Waals surface area contributed by atoms with Gasteiger partial charge in [-0.05, 0) is 31.6 Å². The summed E-state index contributed by atoms with van der Waals surface area (Å²) in [5.41, 5.74) is -0.427. The van der Waals surface area contributed by atoms with Crippen molar-refractivity contribution >= 4 is 0 Å². The van der Waals surface area contributed by atoms with Gasteiger partial charge in [-0.25, -0.2) is 0 Å². The van der Waals surface area contributed by atoms with Crippen LogP contribution in [-0.2, 0) is 0 Å². The van der Waals surface area contributed by atoms with E-state index in [0.29, 0.717) is 5.92 Å². The molecule has 0 spiro atoms. The summed E-state index contributed by atoms with van der Waals surface area (Å²) in [4.78, 5) is 0. The zero-order valence-electron chi connectivity index (χ0n) is 10.1. The van der Waals surface area contributed by atoms with Gasteiger partial charge >= 0.3 is 0 Å². The summed E-state index contributed by atoms with van der Waals surface area (Å²) < 4.78 is 0. The Morgan fingerprint density at radius 2 is 1.87 bits per heavy atom. The van der Waals surface area contributed by atoms with Crippen LogP contribution in [0.4, 0.5) is 0 Å². The second kappa shape index (κ2) is 6.12. The molecule has 0 aromatic heterocycles. The third-order valence-electron chi connectivity index (χ3n) is 3.14. The summed E-state index contributed by atoms with van der Waals surface area (Å²) in [7, 11) is 0. The summed E-state index contributed by atoms with van der Waals surface area (Å²) in [6.07, 6.45) is 14.7. The van der Waals surface area contributed by atoms with Crippen LogP contribution in [0.15, 0.2) is 24.3 Å². The molecule has 0 heterocycles. The fraction of sp³-hybridized carbons (Fsp3) is 0.714. The van der Waals surface area contributed by atoms with Gasteiger partial charge in [0.2, 0.25) is 0 Å². The fourth-order valence-electron chi connectivity index (χ4n) is 2.53. The van der Waals surface area contributed by atoms with Gasteiger partial charge in [-0.2, -0.15) is 0 Å². The van der Waals surface area contributed by atoms with E-state index in [1.54, 1.807) is 0 Å². The Balaban J connectivity index is 2.49. The molecule has 0 radical (unpaired) electrons. The van der Waals surface area contributed by atoms with Crippen molar-refractivity contribution in [3.05, 3.63) is 24.3 Å². The van der Waals surface area contributed by atoms with E-state index in [1.165, 1.54) is 0 Å². The first-order valence-electron chi connectivity index (χ1n) is 6.26. The first-order valence-corrected chi connectivity index (χ1v) is 6.26. The number of allylic oxidation sites excluding steroid dienone is 4. The second-order valence-corrected chi connectivity index (χ2v) is 4.74. The van der Waals surface area contributed by atoms with Crippen LogP contribution in [0.25, 0.3) is 0 Å². The van der Waals surface area contributed by atoms with E-state index in [1.807, 2.05) is 0 Å². The predicted octanol–water partition coefficient (Wildman–Crippen LogP) is 3.84. The maximum atomic E-state index is 10.5. The van der Waals surface area contributed by atoms with Crippen LogP contribution in [0.2, 0.25) is 0 Å². The molecule has 1 nitrogen and oxygen atoms in total. The quantitative estimate of drug-likeness (QED) is 0.703. The first-order chi connectivity index (χ1) is 7.20. The minimum absolute atomic E-state index is 0.427. The maximum Gasteiger partial charge on any atom is 0.0653 e. The van der Waals surface area contributed by atoms with E-state index in [0.717, 1.165) is 38.5 Å². The first kappa shape index (κ1) is 12.5. The Morgan fingerprint density at radius 3 is 2.33 bits per heavy atom. The highest BCUT2D eigenvalue weighted by molar-refractivity contribution is 5.11. The molecular weight excluding hydrogens is 184 g/mol. The maximum absolute atomic E-state index is 10.5. The molecule has 0 aromatic rings. The Kier molecular flexibility index (Phi) is 5.10. The summed E-state index contributed by atoms with van der Waals surface area (Å²) in [5, 5.41) is 10.5. The van der Waals surface area contributed by atoms with Gasteiger partial charge in [0.05, 0.1) is 5.60 Å². The lowest BCUT2D eigenvalue weighted by Crippen LogP contribution is -2.31. The average molecular weight is 208 g/mol. The zero-order valence-corrected chi connectivity index (χ0v) is 10.1. The molecule has 1 aliphatic carbocycles. The summed E-state index contributed by atoms with van der Waals surface area (Å²) in [5.74, 6) is 0.540. The standard InChI is InChI=1S/C14H24O/c1-3-10-14(15,11-4-2)12-13-8-6-5-7-9-13/h5-8,13,15H,3-4,9-12H2,1-2H3. The van der Waals surface area contributed by atoms with Gasteiger partial charge in [-0.15, -0.1) is 0 Å². The Hall–Kier alpha value is -0.560. The Labute approximate surface area is 93.9 Å². The zero-order chi connectivity index (χ0) is 11.1. The van der Waals surface area contributed by atoms with E-state index in [9.17, 15) is 5.11 Å². The molecule has 0 aliphatic heterocycles. The molecular formula is C14H24O. The van der Waals surface area contributed by atoms with Crippen molar-refractivity contribution < 1.29 is 5.11 Å². The normalized spacial score (nSPS) is 20.9. The van der Waals surface area contributed by atoms with Crippen molar-refractivity contribution in [2.75, 3.05) is 0 Å². The fourth-order valence-corrected chi connectivity index (χ4v) is 2.53. The highest BCUT2D eigenvalue weighted by Crippen LogP contribution is 2.30. The molecule has 1 heteroatoms. The van der Waals surface area contributed by atoms with Gasteiger partial charge in [0.1, 0.15) is 0 Å². The van der Waals surface area contributed by atoms with Gasteiger partial charge in [0.15, 0.2) is 0 Å². The summed E-state index contributed by atoms with van der Waals surface area (Å²) in [6.45, 7) is 4.30. The number of rotatable bonds is 6. The third kappa shape index (κ3) is 4.21. The highest BCUT2D eigenvalue weighted by atomic mass is 16.3. The summed E-state index contributed by atoms with van der Waals surface area (Å²) in [6, 6.07) is 0. The smallest absolute Gasteiger partial charge is 0.0653 e. The van der Waals surface area contributed by atoms with E-state index in [2.05, 4.69) is 38.2 Å². The Morgan fingerprint density at radius 1 is 1.20 bits per heavy atom. The molecule has 1 rings (SSSR count). The molecule has 0 aromatic carbocycles. The van der Waals surface area contributed by atoms with Crippen LogP contribution >= 0.6 is 0 Å². The van der Waals surface area contributed by atoms with Crippen molar-refractivity contribution in [1.29, 1.82) is 0 Å². The highest BCUT2D eigenvalue weighted by Gasteiger charge is 2.27. The van der Waals surface area contributed by atoms with Crippen LogP contribution in [0, 0.1) is 5.92 Å².